The van der Waals surface area contributed by atoms with Gasteiger partial charge in [-0.25, -0.2) is 4.39 Å². The first-order chi connectivity index (χ1) is 13.1. The number of nitrogens with zero attached hydrogens (tertiary/aromatic N) is 1. The monoisotopic (exact) mass is 368 g/mol. The molecule has 2 aromatic rings. The van der Waals surface area contributed by atoms with Gasteiger partial charge in [0.25, 0.3) is 0 Å². The normalized spacial score (nSPS) is 19.2. The number of hydrogen-bond donors (Lipinski definition) is 1. The molecule has 1 aliphatic heterocycles. The number of ether oxygens (including phenoxy) is 1. The highest BCUT2D eigenvalue weighted by Gasteiger charge is 2.44. The summed E-state index contributed by atoms with van der Waals surface area (Å²) in [4.78, 5) is 26.2. The smallest absolute Gasteiger partial charge is 0.243 e. The van der Waals surface area contributed by atoms with E-state index in [1.165, 1.54) is 12.1 Å². The van der Waals surface area contributed by atoms with E-state index in [1.807, 2.05) is 12.1 Å². The van der Waals surface area contributed by atoms with E-state index in [0.717, 1.165) is 18.4 Å². The van der Waals surface area contributed by atoms with Crippen LogP contribution >= 0.6 is 0 Å². The fraction of sp³-hybridized carbons (Fsp3) is 0.333. The second-order valence-corrected chi connectivity index (χ2v) is 7.01. The van der Waals surface area contributed by atoms with E-state index < -0.39 is 0 Å². The van der Waals surface area contributed by atoms with E-state index in [4.69, 9.17) is 4.74 Å². The van der Waals surface area contributed by atoms with Crippen LogP contribution in [0.25, 0.3) is 0 Å². The van der Waals surface area contributed by atoms with Crippen LogP contribution in [0.5, 0.6) is 11.5 Å². The van der Waals surface area contributed by atoms with Crippen LogP contribution in [-0.2, 0) is 16.1 Å². The molecule has 2 amide bonds. The van der Waals surface area contributed by atoms with Crippen molar-refractivity contribution in [1.82, 2.24) is 10.2 Å². The Kier molecular flexibility index (Phi) is 4.79. The molecule has 27 heavy (non-hydrogen) atoms. The van der Waals surface area contributed by atoms with Crippen LogP contribution in [0.15, 0.2) is 48.5 Å². The van der Waals surface area contributed by atoms with E-state index in [0.29, 0.717) is 30.9 Å². The molecule has 1 saturated carbocycles. The highest BCUT2D eigenvalue weighted by molar-refractivity contribution is 5.91. The second-order valence-electron chi connectivity index (χ2n) is 7.01. The summed E-state index contributed by atoms with van der Waals surface area (Å²) in [5.74, 6) is 0.681. The molecule has 1 heterocycles. The molecule has 0 bridgehead atoms. The molecule has 1 saturated heterocycles. The van der Waals surface area contributed by atoms with Crippen molar-refractivity contribution in [3.05, 3.63) is 59.9 Å². The predicted octanol–water partition coefficient (Wildman–Crippen LogP) is 3.39. The minimum absolute atomic E-state index is 0.0900. The van der Waals surface area contributed by atoms with Crippen LogP contribution in [-0.4, -0.2) is 28.8 Å². The molecule has 2 aliphatic rings. The lowest BCUT2D eigenvalue weighted by atomic mass is 10.1. The molecule has 2 aromatic carbocycles. The molecule has 1 atom stereocenters. The number of rotatable bonds is 6. The lowest BCUT2D eigenvalue weighted by Crippen LogP contribution is -2.45. The molecular weight excluding hydrogens is 347 g/mol. The zero-order chi connectivity index (χ0) is 18.8. The van der Waals surface area contributed by atoms with Gasteiger partial charge < -0.3 is 15.0 Å². The molecule has 2 fully saturated rings. The lowest BCUT2D eigenvalue weighted by Gasteiger charge is -2.23. The highest BCUT2D eigenvalue weighted by atomic mass is 19.1. The first-order valence-electron chi connectivity index (χ1n) is 9.21. The summed E-state index contributed by atoms with van der Waals surface area (Å²) in [6.07, 6.45) is 3.06. The number of carbonyl (C=O) groups is 2. The lowest BCUT2D eigenvalue weighted by molar-refractivity contribution is -0.135. The Labute approximate surface area is 157 Å². The van der Waals surface area contributed by atoms with Crippen molar-refractivity contribution in [1.29, 1.82) is 0 Å². The second kappa shape index (κ2) is 7.39. The van der Waals surface area contributed by atoms with Crippen molar-refractivity contribution in [2.45, 2.75) is 44.3 Å². The number of nitrogens with one attached hydrogen (secondary N) is 1. The Balaban J connectivity index is 1.32. The minimum Gasteiger partial charge on any atom is -0.457 e. The topological polar surface area (TPSA) is 58.6 Å². The van der Waals surface area contributed by atoms with Gasteiger partial charge in [-0.1, -0.05) is 18.2 Å². The van der Waals surface area contributed by atoms with Crippen molar-refractivity contribution in [3.8, 4) is 11.5 Å². The summed E-state index contributed by atoms with van der Waals surface area (Å²) >= 11 is 0. The van der Waals surface area contributed by atoms with Gasteiger partial charge in [0, 0.05) is 25.1 Å². The van der Waals surface area contributed by atoms with Gasteiger partial charge in [-0.2, -0.15) is 0 Å². The van der Waals surface area contributed by atoms with Gasteiger partial charge in [0.2, 0.25) is 11.8 Å². The molecule has 1 aliphatic carbocycles. The summed E-state index contributed by atoms with van der Waals surface area (Å²) in [6, 6.07) is 13.2. The largest absolute Gasteiger partial charge is 0.457 e. The quantitative estimate of drug-likeness (QED) is 0.850. The fourth-order valence-electron chi connectivity index (χ4n) is 3.42. The van der Waals surface area contributed by atoms with Crippen molar-refractivity contribution >= 4 is 11.8 Å². The number of amides is 2. The van der Waals surface area contributed by atoms with Gasteiger partial charge in [0.1, 0.15) is 23.4 Å². The molecule has 0 radical (unpaired) electrons. The number of hydrogen-bond acceptors (Lipinski definition) is 3. The Morgan fingerprint density at radius 1 is 1.11 bits per heavy atom. The van der Waals surface area contributed by atoms with E-state index in [-0.39, 0.29) is 29.7 Å². The molecular formula is C21H21FN2O3. The van der Waals surface area contributed by atoms with E-state index in [9.17, 15) is 14.0 Å². The average molecular weight is 368 g/mol. The number of benzene rings is 2. The van der Waals surface area contributed by atoms with Gasteiger partial charge >= 0.3 is 0 Å². The Hall–Kier alpha value is -2.89. The third kappa shape index (κ3) is 4.10. The van der Waals surface area contributed by atoms with Gasteiger partial charge in [0.05, 0.1) is 0 Å². The Morgan fingerprint density at radius 2 is 1.89 bits per heavy atom. The van der Waals surface area contributed by atoms with Gasteiger partial charge in [-0.3, -0.25) is 9.59 Å². The number of likely N-dealkylation sites (tertiary alicyclic amines) is 1. The van der Waals surface area contributed by atoms with Crippen LogP contribution in [0.2, 0.25) is 0 Å². The van der Waals surface area contributed by atoms with Crippen molar-refractivity contribution in [2.24, 2.45) is 0 Å². The van der Waals surface area contributed by atoms with E-state index in [1.54, 1.807) is 29.2 Å². The molecule has 5 nitrogen and oxygen atoms in total. The molecule has 4 rings (SSSR count). The SMILES string of the molecule is O=C(NCc1ccc(Oc2cccc(F)c2)cc1)C1CCC(=O)N1C1CC1. The van der Waals surface area contributed by atoms with Gasteiger partial charge in [-0.15, -0.1) is 0 Å². The van der Waals surface area contributed by atoms with Crippen molar-refractivity contribution < 1.29 is 18.7 Å². The van der Waals surface area contributed by atoms with Gasteiger partial charge in [-0.05, 0) is 49.1 Å². The average Bonchev–Trinajstić information content (AvgIpc) is 3.42. The van der Waals surface area contributed by atoms with E-state index in [2.05, 4.69) is 5.32 Å². The van der Waals surface area contributed by atoms with Crippen LogP contribution in [0.3, 0.4) is 0 Å². The van der Waals surface area contributed by atoms with Crippen molar-refractivity contribution in [2.75, 3.05) is 0 Å². The third-order valence-corrected chi connectivity index (χ3v) is 4.92. The van der Waals surface area contributed by atoms with Crippen LogP contribution < -0.4 is 10.1 Å². The maximum Gasteiger partial charge on any atom is 0.243 e. The summed E-state index contributed by atoms with van der Waals surface area (Å²) in [7, 11) is 0. The molecule has 6 heteroatoms. The molecule has 1 unspecified atom stereocenters. The third-order valence-electron chi connectivity index (χ3n) is 4.92. The zero-order valence-electron chi connectivity index (χ0n) is 14.9. The minimum atomic E-state index is -0.350. The summed E-state index contributed by atoms with van der Waals surface area (Å²) in [6.45, 7) is 0.391. The van der Waals surface area contributed by atoms with Crippen LogP contribution in [0.4, 0.5) is 4.39 Å². The zero-order valence-corrected chi connectivity index (χ0v) is 14.9. The predicted molar refractivity (Wildman–Crippen MR) is 97.7 cm³/mol. The standard InChI is InChI=1S/C21H21FN2O3/c22-15-2-1-3-18(12-15)27-17-8-4-14(5-9-17)13-23-21(26)19-10-11-20(25)24(19)16-6-7-16/h1-5,8-9,12,16,19H,6-7,10-11,13H2,(H,23,26). The van der Waals surface area contributed by atoms with Crippen LogP contribution in [0, 0.1) is 5.82 Å². The van der Waals surface area contributed by atoms with Crippen molar-refractivity contribution in [3.63, 3.8) is 0 Å². The fourth-order valence-corrected chi connectivity index (χ4v) is 3.42. The summed E-state index contributed by atoms with van der Waals surface area (Å²) in [5.41, 5.74) is 0.928. The maximum atomic E-state index is 13.2. The number of carbonyl (C=O) groups excluding carboxylic acids is 2. The van der Waals surface area contributed by atoms with Gasteiger partial charge in [0.15, 0.2) is 0 Å². The molecule has 140 valence electrons. The maximum absolute atomic E-state index is 13.2. The number of halogens is 1. The first kappa shape index (κ1) is 17.5. The molecule has 1 N–H and O–H groups in total. The van der Waals surface area contributed by atoms with E-state index >= 15 is 0 Å². The van der Waals surface area contributed by atoms with Crippen LogP contribution in [0.1, 0.15) is 31.2 Å². The molecule has 0 aromatic heterocycles. The molecule has 0 spiro atoms. The first-order valence-corrected chi connectivity index (χ1v) is 9.21. The summed E-state index contributed by atoms with van der Waals surface area (Å²) in [5, 5.41) is 2.93. The Morgan fingerprint density at radius 3 is 2.59 bits per heavy atom. The summed E-state index contributed by atoms with van der Waals surface area (Å²) < 4.78 is 18.8. The highest BCUT2D eigenvalue weighted by Crippen LogP contribution is 2.34. The Bertz CT molecular complexity index is 849.